The average Bonchev–Trinajstić information content (AvgIpc) is 2.85. The van der Waals surface area contributed by atoms with Crippen LogP contribution in [0.1, 0.15) is 35.2 Å². The predicted octanol–water partition coefficient (Wildman–Crippen LogP) is 2.01. The summed E-state index contributed by atoms with van der Waals surface area (Å²) in [5.41, 5.74) is 0.944. The van der Waals surface area contributed by atoms with E-state index in [9.17, 15) is 9.18 Å². The zero-order valence-corrected chi connectivity index (χ0v) is 10.6. The van der Waals surface area contributed by atoms with Crippen LogP contribution in [0.3, 0.4) is 0 Å². The fourth-order valence-electron chi connectivity index (χ4n) is 2.20. The van der Waals surface area contributed by atoms with Crippen LogP contribution in [0, 0.1) is 12.7 Å². The maximum atomic E-state index is 13.3. The molecule has 1 aliphatic heterocycles. The highest BCUT2D eigenvalue weighted by molar-refractivity contribution is 5.94. The molecule has 3 nitrogen and oxygen atoms in total. The number of aryl methyl sites for hydroxylation is 1. The Balaban J connectivity index is 1.81. The third-order valence-electron chi connectivity index (χ3n) is 3.37. The summed E-state index contributed by atoms with van der Waals surface area (Å²) in [6.07, 6.45) is 3.32. The molecule has 1 aromatic rings. The smallest absolute Gasteiger partial charge is 0.251 e. The molecule has 2 rings (SSSR count). The van der Waals surface area contributed by atoms with Crippen molar-refractivity contribution in [1.82, 2.24) is 10.6 Å². The maximum absolute atomic E-state index is 13.3. The molecule has 1 atom stereocenters. The van der Waals surface area contributed by atoms with Crippen molar-refractivity contribution in [2.75, 3.05) is 13.1 Å². The molecule has 0 saturated carbocycles. The van der Waals surface area contributed by atoms with Crippen LogP contribution >= 0.6 is 0 Å². The van der Waals surface area contributed by atoms with Gasteiger partial charge < -0.3 is 10.6 Å². The van der Waals surface area contributed by atoms with Gasteiger partial charge in [-0.15, -0.1) is 0 Å². The van der Waals surface area contributed by atoms with Crippen LogP contribution in [0.2, 0.25) is 0 Å². The number of benzene rings is 1. The first kappa shape index (κ1) is 13.0. The summed E-state index contributed by atoms with van der Waals surface area (Å²) in [7, 11) is 0. The topological polar surface area (TPSA) is 41.1 Å². The van der Waals surface area contributed by atoms with Gasteiger partial charge in [-0.2, -0.15) is 0 Å². The van der Waals surface area contributed by atoms with E-state index in [0.717, 1.165) is 13.0 Å². The van der Waals surface area contributed by atoms with Crippen molar-refractivity contribution < 1.29 is 9.18 Å². The van der Waals surface area contributed by atoms with Gasteiger partial charge in [-0.3, -0.25) is 4.79 Å². The molecule has 1 saturated heterocycles. The minimum Gasteiger partial charge on any atom is -0.352 e. The molecule has 1 unspecified atom stereocenters. The van der Waals surface area contributed by atoms with Crippen molar-refractivity contribution in [2.45, 2.75) is 32.2 Å². The normalized spacial score (nSPS) is 18.9. The van der Waals surface area contributed by atoms with Crippen molar-refractivity contribution in [3.63, 3.8) is 0 Å². The van der Waals surface area contributed by atoms with E-state index >= 15 is 0 Å². The lowest BCUT2D eigenvalue weighted by Gasteiger charge is -2.11. The summed E-state index contributed by atoms with van der Waals surface area (Å²) in [5.74, 6) is -0.535. The quantitative estimate of drug-likeness (QED) is 0.858. The van der Waals surface area contributed by atoms with Gasteiger partial charge in [-0.25, -0.2) is 4.39 Å². The highest BCUT2D eigenvalue weighted by atomic mass is 19.1. The van der Waals surface area contributed by atoms with E-state index in [0.29, 0.717) is 23.7 Å². The fraction of sp³-hybridized carbons (Fsp3) is 0.500. The predicted molar refractivity (Wildman–Crippen MR) is 69.1 cm³/mol. The molecule has 0 aliphatic carbocycles. The first-order valence-corrected chi connectivity index (χ1v) is 6.44. The lowest BCUT2D eigenvalue weighted by atomic mass is 10.1. The van der Waals surface area contributed by atoms with Crippen molar-refractivity contribution in [2.24, 2.45) is 0 Å². The van der Waals surface area contributed by atoms with Crippen LogP contribution in [-0.4, -0.2) is 25.0 Å². The van der Waals surface area contributed by atoms with Gasteiger partial charge in [-0.05, 0) is 50.4 Å². The second kappa shape index (κ2) is 5.96. The van der Waals surface area contributed by atoms with Crippen LogP contribution in [0.5, 0.6) is 0 Å². The average molecular weight is 250 g/mol. The third-order valence-corrected chi connectivity index (χ3v) is 3.37. The van der Waals surface area contributed by atoms with Crippen LogP contribution < -0.4 is 10.6 Å². The second-order valence-corrected chi connectivity index (χ2v) is 4.80. The number of carbonyl (C=O) groups excluding carboxylic acids is 1. The van der Waals surface area contributed by atoms with E-state index in [1.54, 1.807) is 19.1 Å². The van der Waals surface area contributed by atoms with E-state index < -0.39 is 0 Å². The van der Waals surface area contributed by atoms with E-state index in [4.69, 9.17) is 0 Å². The van der Waals surface area contributed by atoms with Crippen molar-refractivity contribution >= 4 is 5.91 Å². The molecule has 1 amide bonds. The Morgan fingerprint density at radius 3 is 3.06 bits per heavy atom. The highest BCUT2D eigenvalue weighted by Gasteiger charge is 2.14. The number of rotatable bonds is 4. The monoisotopic (exact) mass is 250 g/mol. The first-order valence-electron chi connectivity index (χ1n) is 6.44. The van der Waals surface area contributed by atoms with E-state index in [1.165, 1.54) is 18.9 Å². The number of carbonyl (C=O) groups is 1. The molecular formula is C14H19FN2O. The number of amides is 1. The van der Waals surface area contributed by atoms with Crippen molar-refractivity contribution in [3.8, 4) is 0 Å². The molecule has 1 aromatic carbocycles. The molecule has 2 N–H and O–H groups in total. The SMILES string of the molecule is Cc1ccc(C(=O)NCCC2CCCN2)cc1F. The molecule has 1 heterocycles. The second-order valence-electron chi connectivity index (χ2n) is 4.80. The van der Waals surface area contributed by atoms with E-state index in [-0.39, 0.29) is 11.7 Å². The van der Waals surface area contributed by atoms with Gasteiger partial charge in [0, 0.05) is 18.2 Å². The number of hydrogen-bond acceptors (Lipinski definition) is 2. The summed E-state index contributed by atoms with van der Waals surface area (Å²) in [6.45, 7) is 3.39. The van der Waals surface area contributed by atoms with Crippen LogP contribution in [0.25, 0.3) is 0 Å². The van der Waals surface area contributed by atoms with Gasteiger partial charge in [0.25, 0.3) is 5.91 Å². The number of nitrogens with one attached hydrogen (secondary N) is 2. The summed E-state index contributed by atoms with van der Waals surface area (Å²) in [5, 5.41) is 6.20. The zero-order valence-electron chi connectivity index (χ0n) is 10.6. The zero-order chi connectivity index (χ0) is 13.0. The van der Waals surface area contributed by atoms with Gasteiger partial charge in [0.1, 0.15) is 5.82 Å². The van der Waals surface area contributed by atoms with Crippen LogP contribution in [-0.2, 0) is 0 Å². The lowest BCUT2D eigenvalue weighted by molar-refractivity contribution is 0.0952. The van der Waals surface area contributed by atoms with E-state index in [2.05, 4.69) is 10.6 Å². The number of halogens is 1. The minimum absolute atomic E-state index is 0.202. The van der Waals surface area contributed by atoms with Crippen molar-refractivity contribution in [3.05, 3.63) is 35.1 Å². The molecule has 0 spiro atoms. The van der Waals surface area contributed by atoms with Gasteiger partial charge in [0.15, 0.2) is 0 Å². The molecular weight excluding hydrogens is 231 g/mol. The Bertz CT molecular complexity index is 428. The molecule has 4 heteroatoms. The molecule has 18 heavy (non-hydrogen) atoms. The summed E-state index contributed by atoms with van der Waals surface area (Å²) >= 11 is 0. The molecule has 1 aliphatic rings. The Morgan fingerprint density at radius 2 is 2.39 bits per heavy atom. The summed E-state index contributed by atoms with van der Waals surface area (Å²) < 4.78 is 13.3. The highest BCUT2D eigenvalue weighted by Crippen LogP contribution is 2.10. The van der Waals surface area contributed by atoms with Crippen molar-refractivity contribution in [1.29, 1.82) is 0 Å². The Kier molecular flexibility index (Phi) is 4.31. The molecule has 0 radical (unpaired) electrons. The van der Waals surface area contributed by atoms with Crippen LogP contribution in [0.15, 0.2) is 18.2 Å². The molecule has 98 valence electrons. The molecule has 0 aromatic heterocycles. The summed E-state index contributed by atoms with van der Waals surface area (Å²) in [6, 6.07) is 5.09. The largest absolute Gasteiger partial charge is 0.352 e. The van der Waals surface area contributed by atoms with Gasteiger partial charge >= 0.3 is 0 Å². The maximum Gasteiger partial charge on any atom is 0.251 e. The molecule has 1 fully saturated rings. The Morgan fingerprint density at radius 1 is 1.56 bits per heavy atom. The Hall–Kier alpha value is -1.42. The molecule has 0 bridgehead atoms. The standard InChI is InChI=1S/C14H19FN2O/c1-10-4-5-11(9-13(10)15)14(18)17-8-6-12-3-2-7-16-12/h4-5,9,12,16H,2-3,6-8H2,1H3,(H,17,18). The minimum atomic E-state index is -0.333. The lowest BCUT2D eigenvalue weighted by Crippen LogP contribution is -2.30. The van der Waals surface area contributed by atoms with Crippen LogP contribution in [0.4, 0.5) is 4.39 Å². The summed E-state index contributed by atoms with van der Waals surface area (Å²) in [4.78, 5) is 11.8. The van der Waals surface area contributed by atoms with Gasteiger partial charge in [-0.1, -0.05) is 6.07 Å². The van der Waals surface area contributed by atoms with Gasteiger partial charge in [0.05, 0.1) is 0 Å². The van der Waals surface area contributed by atoms with Gasteiger partial charge in [0.2, 0.25) is 0 Å². The van der Waals surface area contributed by atoms with E-state index in [1.807, 2.05) is 0 Å². The third kappa shape index (κ3) is 3.29. The first-order chi connectivity index (χ1) is 8.66. The fourth-order valence-corrected chi connectivity index (χ4v) is 2.20. The number of hydrogen-bond donors (Lipinski definition) is 2. The Labute approximate surface area is 107 Å².